The molecular weight excluding hydrogens is 222 g/mol. The second-order valence-corrected chi connectivity index (χ2v) is 5.46. The molecule has 1 aromatic rings. The molecule has 1 aromatic heterocycles. The van der Waals surface area contributed by atoms with E-state index in [1.54, 1.807) is 6.20 Å². The predicted molar refractivity (Wildman–Crippen MR) is 76.2 cm³/mol. The van der Waals surface area contributed by atoms with Crippen LogP contribution in [0.15, 0.2) is 18.5 Å². The SMILES string of the molecule is CCC1CCC(C(NC)c2cnccc2N)CC1. The van der Waals surface area contributed by atoms with E-state index in [9.17, 15) is 0 Å². The molecule has 1 fully saturated rings. The second-order valence-electron chi connectivity index (χ2n) is 5.46. The highest BCUT2D eigenvalue weighted by molar-refractivity contribution is 5.46. The van der Waals surface area contributed by atoms with Crippen molar-refractivity contribution in [3.05, 3.63) is 24.0 Å². The molecule has 0 saturated heterocycles. The van der Waals surface area contributed by atoms with E-state index < -0.39 is 0 Å². The van der Waals surface area contributed by atoms with Gasteiger partial charge >= 0.3 is 0 Å². The fourth-order valence-electron chi connectivity index (χ4n) is 3.25. The molecule has 18 heavy (non-hydrogen) atoms. The Hall–Kier alpha value is -1.09. The third-order valence-electron chi connectivity index (χ3n) is 4.47. The summed E-state index contributed by atoms with van der Waals surface area (Å²) in [7, 11) is 2.03. The van der Waals surface area contributed by atoms with Gasteiger partial charge in [-0.3, -0.25) is 4.98 Å². The minimum absolute atomic E-state index is 0.358. The van der Waals surface area contributed by atoms with Crippen LogP contribution in [0.5, 0.6) is 0 Å². The number of anilines is 1. The summed E-state index contributed by atoms with van der Waals surface area (Å²) in [6.07, 6.45) is 10.3. The van der Waals surface area contributed by atoms with Gasteiger partial charge in [-0.15, -0.1) is 0 Å². The first kappa shape index (κ1) is 13.3. The first-order chi connectivity index (χ1) is 8.76. The van der Waals surface area contributed by atoms with Crippen molar-refractivity contribution in [2.75, 3.05) is 12.8 Å². The van der Waals surface area contributed by atoms with Crippen LogP contribution in [0.25, 0.3) is 0 Å². The van der Waals surface area contributed by atoms with Crippen LogP contribution in [0.2, 0.25) is 0 Å². The average Bonchev–Trinajstić information content (AvgIpc) is 2.42. The van der Waals surface area contributed by atoms with E-state index in [-0.39, 0.29) is 0 Å². The summed E-state index contributed by atoms with van der Waals surface area (Å²) in [5.74, 6) is 1.63. The molecule has 1 atom stereocenters. The van der Waals surface area contributed by atoms with E-state index in [4.69, 9.17) is 5.73 Å². The number of nitrogens with two attached hydrogens (primary N) is 1. The number of nitrogens with one attached hydrogen (secondary N) is 1. The van der Waals surface area contributed by atoms with Crippen molar-refractivity contribution in [1.29, 1.82) is 0 Å². The van der Waals surface area contributed by atoms with Gasteiger partial charge < -0.3 is 11.1 Å². The van der Waals surface area contributed by atoms with E-state index >= 15 is 0 Å². The average molecular weight is 247 g/mol. The molecular formula is C15H25N3. The number of pyridine rings is 1. The number of hydrogen-bond acceptors (Lipinski definition) is 3. The zero-order valence-electron chi connectivity index (χ0n) is 11.5. The van der Waals surface area contributed by atoms with Crippen LogP contribution >= 0.6 is 0 Å². The summed E-state index contributed by atoms with van der Waals surface area (Å²) in [5.41, 5.74) is 8.11. The smallest absolute Gasteiger partial charge is 0.0393 e. The molecule has 1 aliphatic rings. The van der Waals surface area contributed by atoms with Crippen molar-refractivity contribution in [3.8, 4) is 0 Å². The zero-order chi connectivity index (χ0) is 13.0. The second kappa shape index (κ2) is 6.19. The molecule has 1 unspecified atom stereocenters. The van der Waals surface area contributed by atoms with Gasteiger partial charge in [-0.25, -0.2) is 0 Å². The molecule has 0 aliphatic heterocycles. The number of hydrogen-bond donors (Lipinski definition) is 2. The summed E-state index contributed by atoms with van der Waals surface area (Å²) >= 11 is 0. The Labute approximate surface area is 110 Å². The summed E-state index contributed by atoms with van der Waals surface area (Å²) in [5, 5.41) is 3.44. The maximum absolute atomic E-state index is 6.08. The first-order valence-electron chi connectivity index (χ1n) is 7.12. The zero-order valence-corrected chi connectivity index (χ0v) is 11.5. The lowest BCUT2D eigenvalue weighted by Gasteiger charge is -2.34. The normalized spacial score (nSPS) is 25.9. The fourth-order valence-corrected chi connectivity index (χ4v) is 3.25. The molecule has 0 aromatic carbocycles. The Kier molecular flexibility index (Phi) is 4.59. The first-order valence-corrected chi connectivity index (χ1v) is 7.12. The van der Waals surface area contributed by atoms with Crippen molar-refractivity contribution in [1.82, 2.24) is 10.3 Å². The van der Waals surface area contributed by atoms with E-state index in [0.29, 0.717) is 12.0 Å². The summed E-state index contributed by atoms with van der Waals surface area (Å²) < 4.78 is 0. The minimum Gasteiger partial charge on any atom is -0.398 e. The lowest BCUT2D eigenvalue weighted by Crippen LogP contribution is -2.29. The third-order valence-corrected chi connectivity index (χ3v) is 4.47. The van der Waals surface area contributed by atoms with E-state index in [2.05, 4.69) is 17.2 Å². The molecule has 0 spiro atoms. The highest BCUT2D eigenvalue weighted by Crippen LogP contribution is 2.38. The number of aromatic nitrogens is 1. The van der Waals surface area contributed by atoms with Crippen LogP contribution in [0.1, 0.15) is 50.6 Å². The minimum atomic E-state index is 0.358. The monoisotopic (exact) mass is 247 g/mol. The van der Waals surface area contributed by atoms with Gasteiger partial charge in [0.1, 0.15) is 0 Å². The summed E-state index contributed by atoms with van der Waals surface area (Å²) in [6.45, 7) is 2.31. The molecule has 1 saturated carbocycles. The van der Waals surface area contributed by atoms with Crippen molar-refractivity contribution >= 4 is 5.69 Å². The highest BCUT2D eigenvalue weighted by atomic mass is 14.9. The molecule has 100 valence electrons. The molecule has 1 aliphatic carbocycles. The van der Waals surface area contributed by atoms with E-state index in [0.717, 1.165) is 11.6 Å². The van der Waals surface area contributed by atoms with Crippen LogP contribution in [-0.2, 0) is 0 Å². The molecule has 0 bridgehead atoms. The van der Waals surface area contributed by atoms with E-state index in [1.165, 1.54) is 37.7 Å². The molecule has 1 heterocycles. The van der Waals surface area contributed by atoms with Crippen molar-refractivity contribution in [2.24, 2.45) is 11.8 Å². The standard InChI is InChI=1S/C15H25N3/c1-3-11-4-6-12(7-5-11)15(17-2)13-10-18-9-8-14(13)16/h8-12,15,17H,3-7H2,1-2H3,(H2,16,18). The van der Waals surface area contributed by atoms with Crippen LogP contribution in [0.3, 0.4) is 0 Å². The van der Waals surface area contributed by atoms with Gasteiger partial charge in [0.25, 0.3) is 0 Å². The summed E-state index contributed by atoms with van der Waals surface area (Å²) in [6, 6.07) is 2.26. The quantitative estimate of drug-likeness (QED) is 0.859. The van der Waals surface area contributed by atoms with Gasteiger partial charge in [0.05, 0.1) is 0 Å². The fraction of sp³-hybridized carbons (Fsp3) is 0.667. The Morgan fingerprint density at radius 1 is 1.39 bits per heavy atom. The van der Waals surface area contributed by atoms with Crippen molar-refractivity contribution in [2.45, 2.75) is 45.1 Å². The topological polar surface area (TPSA) is 50.9 Å². The van der Waals surface area contributed by atoms with Crippen LogP contribution < -0.4 is 11.1 Å². The Balaban J connectivity index is 2.08. The number of nitrogens with zero attached hydrogens (tertiary/aromatic N) is 1. The van der Waals surface area contributed by atoms with E-state index in [1.807, 2.05) is 19.3 Å². The molecule has 3 heteroatoms. The number of nitrogen functional groups attached to an aromatic ring is 1. The lowest BCUT2D eigenvalue weighted by molar-refractivity contribution is 0.224. The molecule has 0 radical (unpaired) electrons. The Morgan fingerprint density at radius 2 is 2.11 bits per heavy atom. The van der Waals surface area contributed by atoms with Crippen LogP contribution in [0, 0.1) is 11.8 Å². The predicted octanol–water partition coefficient (Wildman–Crippen LogP) is 3.14. The highest BCUT2D eigenvalue weighted by Gasteiger charge is 2.28. The van der Waals surface area contributed by atoms with Gasteiger partial charge in [-0.2, -0.15) is 0 Å². The van der Waals surface area contributed by atoms with Crippen molar-refractivity contribution < 1.29 is 0 Å². The molecule has 3 nitrogen and oxygen atoms in total. The molecule has 2 rings (SSSR count). The van der Waals surface area contributed by atoms with Crippen LogP contribution in [-0.4, -0.2) is 12.0 Å². The van der Waals surface area contributed by atoms with Gasteiger partial charge in [0.2, 0.25) is 0 Å². The molecule has 3 N–H and O–H groups in total. The lowest BCUT2D eigenvalue weighted by atomic mass is 9.76. The maximum Gasteiger partial charge on any atom is 0.0393 e. The summed E-state index contributed by atoms with van der Waals surface area (Å²) in [4.78, 5) is 4.22. The number of rotatable bonds is 4. The van der Waals surface area contributed by atoms with Crippen molar-refractivity contribution in [3.63, 3.8) is 0 Å². The Morgan fingerprint density at radius 3 is 2.67 bits per heavy atom. The largest absolute Gasteiger partial charge is 0.398 e. The van der Waals surface area contributed by atoms with Crippen LogP contribution in [0.4, 0.5) is 5.69 Å². The maximum atomic E-state index is 6.08. The van der Waals surface area contributed by atoms with Gasteiger partial charge in [0, 0.05) is 29.7 Å². The van der Waals surface area contributed by atoms with Gasteiger partial charge in [-0.1, -0.05) is 26.2 Å². The van der Waals surface area contributed by atoms with Gasteiger partial charge in [0.15, 0.2) is 0 Å². The van der Waals surface area contributed by atoms with Gasteiger partial charge in [-0.05, 0) is 37.8 Å². The Bertz CT molecular complexity index is 370. The third kappa shape index (κ3) is 2.83. The molecule has 0 amide bonds.